The van der Waals surface area contributed by atoms with E-state index in [9.17, 15) is 4.79 Å². The molecule has 0 aromatic heterocycles. The summed E-state index contributed by atoms with van der Waals surface area (Å²) in [6, 6.07) is 5.31. The van der Waals surface area contributed by atoms with Gasteiger partial charge in [0, 0.05) is 18.3 Å². The quantitative estimate of drug-likeness (QED) is 0.809. The molecular formula is C14H21ClN2O2. The fraction of sp³-hybridized carbons (Fsp3) is 0.500. The van der Waals surface area contributed by atoms with Crippen LogP contribution in [0.3, 0.4) is 0 Å². The van der Waals surface area contributed by atoms with Crippen LogP contribution in [0, 0.1) is 5.92 Å². The standard InChI is InChI=1S/C14H21ClN2O2/c1-10(2)6-7-16-14(18)9-17-11-4-5-12(15)13(8-11)19-3/h4-5,8,10,17H,6-7,9H2,1-3H3,(H,16,18). The van der Waals surface area contributed by atoms with Gasteiger partial charge in [0.2, 0.25) is 5.91 Å². The minimum atomic E-state index is -0.0189. The number of anilines is 1. The molecular weight excluding hydrogens is 264 g/mol. The summed E-state index contributed by atoms with van der Waals surface area (Å²) in [4.78, 5) is 11.6. The van der Waals surface area contributed by atoms with Crippen molar-refractivity contribution in [2.24, 2.45) is 5.92 Å². The van der Waals surface area contributed by atoms with Crippen LogP contribution in [-0.2, 0) is 4.79 Å². The molecule has 106 valence electrons. The first-order valence-electron chi connectivity index (χ1n) is 6.37. The van der Waals surface area contributed by atoms with Gasteiger partial charge in [-0.25, -0.2) is 0 Å². The van der Waals surface area contributed by atoms with E-state index < -0.39 is 0 Å². The predicted octanol–water partition coefficient (Wildman–Crippen LogP) is 2.92. The summed E-state index contributed by atoms with van der Waals surface area (Å²) >= 11 is 5.93. The van der Waals surface area contributed by atoms with Crippen LogP contribution >= 0.6 is 11.6 Å². The number of benzene rings is 1. The number of methoxy groups -OCH3 is 1. The van der Waals surface area contributed by atoms with E-state index in [1.165, 1.54) is 0 Å². The normalized spacial score (nSPS) is 10.4. The van der Waals surface area contributed by atoms with Gasteiger partial charge < -0.3 is 15.4 Å². The lowest BCUT2D eigenvalue weighted by atomic mass is 10.1. The van der Waals surface area contributed by atoms with Gasteiger partial charge in [0.25, 0.3) is 0 Å². The van der Waals surface area contributed by atoms with E-state index in [4.69, 9.17) is 16.3 Å². The Morgan fingerprint density at radius 1 is 1.42 bits per heavy atom. The van der Waals surface area contributed by atoms with Crippen LogP contribution in [0.15, 0.2) is 18.2 Å². The number of carbonyl (C=O) groups is 1. The van der Waals surface area contributed by atoms with Gasteiger partial charge in [-0.3, -0.25) is 4.79 Å². The van der Waals surface area contributed by atoms with Gasteiger partial charge in [-0.1, -0.05) is 25.4 Å². The second-order valence-corrected chi connectivity index (χ2v) is 5.14. The van der Waals surface area contributed by atoms with Crippen molar-refractivity contribution in [2.75, 3.05) is 25.5 Å². The van der Waals surface area contributed by atoms with Crippen LogP contribution in [-0.4, -0.2) is 26.1 Å². The summed E-state index contributed by atoms with van der Waals surface area (Å²) < 4.78 is 5.11. The molecule has 0 aliphatic carbocycles. The molecule has 1 aromatic rings. The lowest BCUT2D eigenvalue weighted by Gasteiger charge is -2.10. The van der Waals surface area contributed by atoms with Crippen LogP contribution in [0.2, 0.25) is 5.02 Å². The highest BCUT2D eigenvalue weighted by molar-refractivity contribution is 6.32. The van der Waals surface area contributed by atoms with Crippen molar-refractivity contribution in [3.8, 4) is 5.75 Å². The molecule has 0 spiro atoms. The Kier molecular flexibility index (Phi) is 6.50. The molecule has 0 radical (unpaired) electrons. The maximum atomic E-state index is 11.6. The summed E-state index contributed by atoms with van der Waals surface area (Å²) in [7, 11) is 1.56. The van der Waals surface area contributed by atoms with Gasteiger partial charge in [-0.05, 0) is 24.5 Å². The van der Waals surface area contributed by atoms with Gasteiger partial charge in [-0.15, -0.1) is 0 Å². The van der Waals surface area contributed by atoms with Crippen molar-refractivity contribution in [1.29, 1.82) is 0 Å². The predicted molar refractivity (Wildman–Crippen MR) is 79.0 cm³/mol. The molecule has 0 unspecified atom stereocenters. The highest BCUT2D eigenvalue weighted by atomic mass is 35.5. The Hall–Kier alpha value is -1.42. The molecule has 0 atom stereocenters. The number of ether oxygens (including phenoxy) is 1. The third-order valence-electron chi connectivity index (χ3n) is 2.65. The molecule has 4 nitrogen and oxygen atoms in total. The van der Waals surface area contributed by atoms with E-state index in [2.05, 4.69) is 24.5 Å². The average Bonchev–Trinajstić information content (AvgIpc) is 2.37. The molecule has 0 bridgehead atoms. The summed E-state index contributed by atoms with van der Waals surface area (Å²) in [6.07, 6.45) is 0.987. The second kappa shape index (κ2) is 7.89. The Morgan fingerprint density at radius 2 is 2.16 bits per heavy atom. The zero-order valence-electron chi connectivity index (χ0n) is 11.6. The third-order valence-corrected chi connectivity index (χ3v) is 2.96. The van der Waals surface area contributed by atoms with E-state index >= 15 is 0 Å². The zero-order valence-corrected chi connectivity index (χ0v) is 12.4. The Labute approximate surface area is 119 Å². The maximum absolute atomic E-state index is 11.6. The number of hydrogen-bond acceptors (Lipinski definition) is 3. The minimum absolute atomic E-state index is 0.0189. The summed E-state index contributed by atoms with van der Waals surface area (Å²) in [5.74, 6) is 1.16. The first-order chi connectivity index (χ1) is 9.02. The lowest BCUT2D eigenvalue weighted by molar-refractivity contribution is -0.119. The number of carbonyl (C=O) groups excluding carboxylic acids is 1. The van der Waals surface area contributed by atoms with Gasteiger partial charge in [0.15, 0.2) is 0 Å². The molecule has 0 fully saturated rings. The van der Waals surface area contributed by atoms with Gasteiger partial charge in [0.05, 0.1) is 18.7 Å². The monoisotopic (exact) mass is 284 g/mol. The first kappa shape index (κ1) is 15.6. The van der Waals surface area contributed by atoms with E-state index in [1.807, 2.05) is 6.07 Å². The molecule has 2 N–H and O–H groups in total. The number of halogens is 1. The molecule has 0 saturated carbocycles. The average molecular weight is 285 g/mol. The SMILES string of the molecule is COc1cc(NCC(=O)NCCC(C)C)ccc1Cl. The van der Waals surface area contributed by atoms with Crippen LogP contribution in [0.25, 0.3) is 0 Å². The maximum Gasteiger partial charge on any atom is 0.239 e. The van der Waals surface area contributed by atoms with Crippen molar-refractivity contribution in [3.63, 3.8) is 0 Å². The van der Waals surface area contributed by atoms with Crippen LogP contribution < -0.4 is 15.4 Å². The van der Waals surface area contributed by atoms with E-state index in [0.717, 1.165) is 12.1 Å². The molecule has 19 heavy (non-hydrogen) atoms. The van der Waals surface area contributed by atoms with Crippen molar-refractivity contribution < 1.29 is 9.53 Å². The van der Waals surface area contributed by atoms with Crippen LogP contribution in [0.4, 0.5) is 5.69 Å². The Bertz CT molecular complexity index is 422. The summed E-state index contributed by atoms with van der Waals surface area (Å²) in [6.45, 7) is 5.21. The van der Waals surface area contributed by atoms with Crippen LogP contribution in [0.1, 0.15) is 20.3 Å². The summed E-state index contributed by atoms with van der Waals surface area (Å²) in [5.41, 5.74) is 0.806. The van der Waals surface area contributed by atoms with Gasteiger partial charge in [0.1, 0.15) is 5.75 Å². The lowest BCUT2D eigenvalue weighted by Crippen LogP contribution is -2.31. The fourth-order valence-corrected chi connectivity index (χ4v) is 1.71. The van der Waals surface area contributed by atoms with Crippen LogP contribution in [0.5, 0.6) is 5.75 Å². The topological polar surface area (TPSA) is 50.4 Å². The molecule has 0 heterocycles. The third kappa shape index (κ3) is 5.83. The van der Waals surface area contributed by atoms with Gasteiger partial charge >= 0.3 is 0 Å². The largest absolute Gasteiger partial charge is 0.495 e. The first-order valence-corrected chi connectivity index (χ1v) is 6.75. The molecule has 1 rings (SSSR count). The highest BCUT2D eigenvalue weighted by Gasteiger charge is 2.04. The molecule has 0 saturated heterocycles. The zero-order chi connectivity index (χ0) is 14.3. The number of hydrogen-bond donors (Lipinski definition) is 2. The van der Waals surface area contributed by atoms with Crippen molar-refractivity contribution >= 4 is 23.2 Å². The Morgan fingerprint density at radius 3 is 2.79 bits per heavy atom. The molecule has 1 amide bonds. The van der Waals surface area contributed by atoms with E-state index in [0.29, 0.717) is 23.2 Å². The Balaban J connectivity index is 2.37. The minimum Gasteiger partial charge on any atom is -0.495 e. The smallest absolute Gasteiger partial charge is 0.239 e. The van der Waals surface area contributed by atoms with E-state index in [-0.39, 0.29) is 12.5 Å². The van der Waals surface area contributed by atoms with Crippen molar-refractivity contribution in [1.82, 2.24) is 5.32 Å². The second-order valence-electron chi connectivity index (χ2n) is 4.74. The molecule has 0 aliphatic rings. The molecule has 1 aromatic carbocycles. The summed E-state index contributed by atoms with van der Waals surface area (Å²) in [5, 5.41) is 6.45. The molecule has 0 aliphatic heterocycles. The van der Waals surface area contributed by atoms with Crippen molar-refractivity contribution in [2.45, 2.75) is 20.3 Å². The number of amides is 1. The number of nitrogens with one attached hydrogen (secondary N) is 2. The number of rotatable bonds is 7. The van der Waals surface area contributed by atoms with E-state index in [1.54, 1.807) is 19.2 Å². The van der Waals surface area contributed by atoms with Gasteiger partial charge in [-0.2, -0.15) is 0 Å². The highest BCUT2D eigenvalue weighted by Crippen LogP contribution is 2.27. The van der Waals surface area contributed by atoms with Crippen molar-refractivity contribution in [3.05, 3.63) is 23.2 Å². The fourth-order valence-electron chi connectivity index (χ4n) is 1.51. The molecule has 5 heteroatoms.